The highest BCUT2D eigenvalue weighted by atomic mass is 16.5. The van der Waals surface area contributed by atoms with Gasteiger partial charge in [-0.05, 0) is 96.0 Å². The van der Waals surface area contributed by atoms with Gasteiger partial charge in [0.2, 0.25) is 5.91 Å². The molecule has 5 fully saturated rings. The number of hydrogen-bond donors (Lipinski definition) is 2. The summed E-state index contributed by atoms with van der Waals surface area (Å²) in [6.07, 6.45) is 11.4. The van der Waals surface area contributed by atoms with Crippen LogP contribution in [-0.4, -0.2) is 81.9 Å². The molecule has 9 nitrogen and oxygen atoms in total. The van der Waals surface area contributed by atoms with E-state index < -0.39 is 5.41 Å². The number of amides is 1. The Morgan fingerprint density at radius 3 is 2.51 bits per heavy atom. The smallest absolute Gasteiger partial charge is 0.238 e. The first-order chi connectivity index (χ1) is 21.0. The van der Waals surface area contributed by atoms with Gasteiger partial charge in [-0.1, -0.05) is 12.1 Å². The molecule has 1 aromatic carbocycles. The van der Waals surface area contributed by atoms with Crippen LogP contribution in [0, 0.1) is 0 Å². The largest absolute Gasteiger partial charge is 0.372 e. The summed E-state index contributed by atoms with van der Waals surface area (Å²) in [7, 11) is 0. The van der Waals surface area contributed by atoms with Crippen molar-refractivity contribution < 1.29 is 9.53 Å². The van der Waals surface area contributed by atoms with Gasteiger partial charge in [0.25, 0.3) is 0 Å². The van der Waals surface area contributed by atoms with E-state index in [4.69, 9.17) is 14.7 Å². The second-order valence-corrected chi connectivity index (χ2v) is 14.3. The zero-order valence-corrected chi connectivity index (χ0v) is 25.4. The first kappa shape index (κ1) is 26.4. The van der Waals surface area contributed by atoms with Crippen LogP contribution in [0.2, 0.25) is 0 Å². The molecule has 2 aromatic heterocycles. The van der Waals surface area contributed by atoms with Gasteiger partial charge in [-0.3, -0.25) is 9.69 Å². The quantitative estimate of drug-likeness (QED) is 0.440. The van der Waals surface area contributed by atoms with E-state index in [1.807, 2.05) is 6.33 Å². The summed E-state index contributed by atoms with van der Waals surface area (Å²) in [5, 5.41) is 7.19. The highest BCUT2D eigenvalue weighted by molar-refractivity contribution is 6.09. The number of benzene rings is 1. The average molecular weight is 582 g/mol. The SMILES string of the molecule is CC(C)n1cnc2cc(-c3ccc4c(c3)N(C3CC(N5CC6CCC(C5)O6)C3)C(=O)C43CCNCC3)nc(NC3CC3)c21. The minimum absolute atomic E-state index is 0.255. The first-order valence-electron chi connectivity index (χ1n) is 16.7. The van der Waals surface area contributed by atoms with Crippen LogP contribution in [0.4, 0.5) is 11.5 Å². The summed E-state index contributed by atoms with van der Waals surface area (Å²) >= 11 is 0. The van der Waals surface area contributed by atoms with E-state index in [-0.39, 0.29) is 6.04 Å². The number of nitrogens with one attached hydrogen (secondary N) is 2. The van der Waals surface area contributed by atoms with Crippen molar-refractivity contribution in [1.82, 2.24) is 24.8 Å². The van der Waals surface area contributed by atoms with E-state index >= 15 is 0 Å². The summed E-state index contributed by atoms with van der Waals surface area (Å²) in [5.41, 5.74) is 5.94. The third kappa shape index (κ3) is 4.18. The number of ether oxygens (including phenoxy) is 1. The molecule has 43 heavy (non-hydrogen) atoms. The zero-order chi connectivity index (χ0) is 28.9. The molecule has 9 heteroatoms. The molecule has 2 N–H and O–H groups in total. The van der Waals surface area contributed by atoms with E-state index in [2.05, 4.69) is 63.1 Å². The maximum absolute atomic E-state index is 14.5. The molecule has 2 saturated carbocycles. The van der Waals surface area contributed by atoms with Crippen LogP contribution >= 0.6 is 0 Å². The number of pyridine rings is 1. The number of imidazole rings is 1. The summed E-state index contributed by atoms with van der Waals surface area (Å²) in [6.45, 7) is 8.25. The summed E-state index contributed by atoms with van der Waals surface area (Å²) in [6, 6.07) is 10.4. The van der Waals surface area contributed by atoms with Crippen molar-refractivity contribution in [2.24, 2.45) is 0 Å². The fraction of sp³-hybridized carbons (Fsp3) is 0.618. The van der Waals surface area contributed by atoms with Crippen molar-refractivity contribution in [3.8, 4) is 11.3 Å². The lowest BCUT2D eigenvalue weighted by Gasteiger charge is -2.49. The number of rotatable bonds is 6. The Balaban J connectivity index is 1.07. The van der Waals surface area contributed by atoms with Crippen LogP contribution in [0.3, 0.4) is 0 Å². The third-order valence-corrected chi connectivity index (χ3v) is 11.2. The Kier molecular flexibility index (Phi) is 5.98. The molecule has 2 bridgehead atoms. The van der Waals surface area contributed by atoms with Crippen LogP contribution in [-0.2, 0) is 14.9 Å². The highest BCUT2D eigenvalue weighted by Gasteiger charge is 2.55. The van der Waals surface area contributed by atoms with E-state index in [0.29, 0.717) is 36.2 Å². The number of likely N-dealkylation sites (tertiary alicyclic amines) is 1. The highest BCUT2D eigenvalue weighted by Crippen LogP contribution is 2.51. The standard InChI is InChI=1S/C34H43N7O2/c1-20(2)40-19-36-29-16-28(38-32(31(29)40)37-22-4-5-22)21-3-8-27-30(13-21)41(33(42)34(27)9-11-35-12-10-34)24-14-23(15-24)39-17-25-6-7-26(18-39)43-25/h3,8,13,16,19-20,22-26,35H,4-7,9-12,14-15,17-18H2,1-2H3,(H,37,38). The van der Waals surface area contributed by atoms with Gasteiger partial charge in [0.15, 0.2) is 5.82 Å². The minimum Gasteiger partial charge on any atom is -0.372 e. The van der Waals surface area contributed by atoms with Crippen LogP contribution in [0.5, 0.6) is 0 Å². The molecular formula is C34H43N7O2. The van der Waals surface area contributed by atoms with Gasteiger partial charge >= 0.3 is 0 Å². The molecule has 226 valence electrons. The van der Waals surface area contributed by atoms with Crippen LogP contribution in [0.1, 0.15) is 76.8 Å². The van der Waals surface area contributed by atoms with Crippen molar-refractivity contribution in [2.45, 2.75) is 107 Å². The maximum atomic E-state index is 14.5. The van der Waals surface area contributed by atoms with Crippen molar-refractivity contribution in [3.05, 3.63) is 36.2 Å². The van der Waals surface area contributed by atoms with Crippen molar-refractivity contribution in [1.29, 1.82) is 0 Å². The average Bonchev–Trinajstić information content (AvgIpc) is 3.52. The Bertz CT molecular complexity index is 1570. The number of fused-ring (bicyclic) bond motifs is 5. The molecule has 9 rings (SSSR count). The Morgan fingerprint density at radius 1 is 1.02 bits per heavy atom. The van der Waals surface area contributed by atoms with E-state index in [0.717, 1.165) is 85.7 Å². The zero-order valence-electron chi connectivity index (χ0n) is 25.4. The number of morpholine rings is 1. The topological polar surface area (TPSA) is 87.6 Å². The summed E-state index contributed by atoms with van der Waals surface area (Å²) in [5.74, 6) is 1.24. The molecule has 1 amide bonds. The Morgan fingerprint density at radius 2 is 1.79 bits per heavy atom. The molecule has 2 aliphatic carbocycles. The van der Waals surface area contributed by atoms with Gasteiger partial charge in [0.1, 0.15) is 5.52 Å². The van der Waals surface area contributed by atoms with E-state index in [1.54, 1.807) is 0 Å². The monoisotopic (exact) mass is 581 g/mol. The fourth-order valence-electron chi connectivity index (χ4n) is 8.58. The van der Waals surface area contributed by atoms with Crippen LogP contribution in [0.15, 0.2) is 30.6 Å². The predicted molar refractivity (Wildman–Crippen MR) is 168 cm³/mol. The lowest BCUT2D eigenvalue weighted by molar-refractivity contribution is -0.125. The number of aromatic nitrogens is 3. The lowest BCUT2D eigenvalue weighted by Crippen LogP contribution is -2.60. The number of nitrogens with zero attached hydrogens (tertiary/aromatic N) is 5. The van der Waals surface area contributed by atoms with Gasteiger partial charge in [-0.2, -0.15) is 0 Å². The van der Waals surface area contributed by atoms with E-state index in [9.17, 15) is 4.79 Å². The van der Waals surface area contributed by atoms with Gasteiger partial charge in [-0.25, -0.2) is 9.97 Å². The molecule has 2 unspecified atom stereocenters. The minimum atomic E-state index is -0.408. The number of carbonyl (C=O) groups is 1. The molecule has 3 saturated heterocycles. The Labute approximate surface area is 253 Å². The number of carbonyl (C=O) groups excluding carboxylic acids is 1. The molecule has 2 atom stereocenters. The van der Waals surface area contributed by atoms with Crippen LogP contribution < -0.4 is 15.5 Å². The molecule has 0 radical (unpaired) electrons. The maximum Gasteiger partial charge on any atom is 0.238 e. The molecule has 6 heterocycles. The molecular weight excluding hydrogens is 538 g/mol. The molecule has 1 spiro atoms. The second-order valence-electron chi connectivity index (χ2n) is 14.3. The van der Waals surface area contributed by atoms with Gasteiger partial charge < -0.3 is 24.8 Å². The third-order valence-electron chi connectivity index (χ3n) is 11.2. The summed E-state index contributed by atoms with van der Waals surface area (Å²) < 4.78 is 8.33. The second kappa shape index (κ2) is 9.74. The van der Waals surface area contributed by atoms with Crippen molar-refractivity contribution >= 4 is 28.4 Å². The molecule has 4 aliphatic heterocycles. The van der Waals surface area contributed by atoms with Gasteiger partial charge in [0.05, 0.1) is 35.2 Å². The number of piperidine rings is 1. The lowest BCUT2D eigenvalue weighted by atomic mass is 9.74. The van der Waals surface area contributed by atoms with E-state index in [1.165, 1.54) is 31.2 Å². The normalized spacial score (nSPS) is 29.9. The molecule has 6 aliphatic rings. The van der Waals surface area contributed by atoms with Crippen molar-refractivity contribution in [3.63, 3.8) is 0 Å². The van der Waals surface area contributed by atoms with Gasteiger partial charge in [0, 0.05) is 48.5 Å². The number of anilines is 2. The molecule has 3 aromatic rings. The first-order valence-corrected chi connectivity index (χ1v) is 16.7. The Hall–Kier alpha value is -3.01. The van der Waals surface area contributed by atoms with Crippen molar-refractivity contribution in [2.75, 3.05) is 36.4 Å². The fourth-order valence-corrected chi connectivity index (χ4v) is 8.58. The predicted octanol–water partition coefficient (Wildman–Crippen LogP) is 4.62. The van der Waals surface area contributed by atoms with Gasteiger partial charge in [-0.15, -0.1) is 0 Å². The van der Waals surface area contributed by atoms with Crippen LogP contribution in [0.25, 0.3) is 22.3 Å². The summed E-state index contributed by atoms with van der Waals surface area (Å²) in [4.78, 5) is 29.3. The number of hydrogen-bond acceptors (Lipinski definition) is 7.